The Bertz CT molecular complexity index is 671. The first-order chi connectivity index (χ1) is 10.5. The van der Waals surface area contributed by atoms with Crippen LogP contribution in [-0.2, 0) is 14.3 Å². The van der Waals surface area contributed by atoms with E-state index in [1.54, 1.807) is 18.2 Å². The van der Waals surface area contributed by atoms with Crippen LogP contribution in [0.5, 0.6) is 11.5 Å². The molecule has 1 amide bonds. The zero-order valence-corrected chi connectivity index (χ0v) is 13.5. The molecule has 0 atom stereocenters. The van der Waals surface area contributed by atoms with Gasteiger partial charge in [-0.2, -0.15) is 0 Å². The van der Waals surface area contributed by atoms with Crippen LogP contribution in [-0.4, -0.2) is 47.0 Å². The minimum Gasteiger partial charge on any atom is -0.504 e. The van der Waals surface area contributed by atoms with Gasteiger partial charge in [0.2, 0.25) is 0 Å². The lowest BCUT2D eigenvalue weighted by molar-refractivity contribution is -0.143. The molecular formula is C14H13NO5S2. The minimum absolute atomic E-state index is 0.0119. The summed E-state index contributed by atoms with van der Waals surface area (Å²) in [5.74, 6) is -0.576. The van der Waals surface area contributed by atoms with Crippen LogP contribution >= 0.6 is 24.0 Å². The fourth-order valence-corrected chi connectivity index (χ4v) is 3.02. The number of benzene rings is 1. The lowest BCUT2D eigenvalue weighted by Crippen LogP contribution is -2.33. The fourth-order valence-electron chi connectivity index (χ4n) is 1.77. The van der Waals surface area contributed by atoms with E-state index in [-0.39, 0.29) is 18.2 Å². The van der Waals surface area contributed by atoms with E-state index in [4.69, 9.17) is 17.0 Å². The Balaban J connectivity index is 2.24. The third kappa shape index (κ3) is 3.40. The molecule has 0 saturated carbocycles. The summed E-state index contributed by atoms with van der Waals surface area (Å²) in [6.07, 6.45) is 1.62. The van der Waals surface area contributed by atoms with E-state index in [0.717, 1.165) is 11.8 Å². The first-order valence-electron chi connectivity index (χ1n) is 6.15. The smallest absolute Gasteiger partial charge is 0.325 e. The van der Waals surface area contributed by atoms with Gasteiger partial charge in [0.15, 0.2) is 11.5 Å². The summed E-state index contributed by atoms with van der Waals surface area (Å²) in [5.41, 5.74) is 0.674. The Labute approximate surface area is 136 Å². The molecule has 0 unspecified atom stereocenters. The Morgan fingerprint density at radius 1 is 1.45 bits per heavy atom. The Morgan fingerprint density at radius 3 is 2.82 bits per heavy atom. The zero-order valence-electron chi connectivity index (χ0n) is 11.9. The van der Waals surface area contributed by atoms with Crippen molar-refractivity contribution in [1.29, 1.82) is 0 Å². The number of rotatable bonds is 4. The molecule has 0 radical (unpaired) electrons. The number of carbonyl (C=O) groups excluding carboxylic acids is 2. The summed E-state index contributed by atoms with van der Waals surface area (Å²) >= 11 is 6.21. The Kier molecular flexibility index (Phi) is 5.04. The van der Waals surface area contributed by atoms with Gasteiger partial charge in [-0.25, -0.2) is 0 Å². The van der Waals surface area contributed by atoms with Gasteiger partial charge in [-0.05, 0) is 23.8 Å². The predicted octanol–water partition coefficient (Wildman–Crippen LogP) is 1.77. The molecule has 0 aliphatic carbocycles. The molecule has 116 valence electrons. The molecule has 0 bridgehead atoms. The number of thiocarbonyl (C=S) groups is 1. The molecule has 6 nitrogen and oxygen atoms in total. The van der Waals surface area contributed by atoms with Crippen molar-refractivity contribution in [2.75, 3.05) is 20.8 Å². The molecule has 2 rings (SSSR count). The number of hydrogen-bond acceptors (Lipinski definition) is 7. The van der Waals surface area contributed by atoms with Crippen molar-refractivity contribution in [3.8, 4) is 11.5 Å². The topological polar surface area (TPSA) is 76.1 Å². The molecule has 1 aromatic rings. The third-order valence-corrected chi connectivity index (χ3v) is 4.27. The van der Waals surface area contributed by atoms with Crippen molar-refractivity contribution in [3.63, 3.8) is 0 Å². The number of phenolic OH excluding ortho intramolecular Hbond substituents is 1. The summed E-state index contributed by atoms with van der Waals surface area (Å²) < 4.78 is 9.86. The van der Waals surface area contributed by atoms with Crippen molar-refractivity contribution in [2.24, 2.45) is 0 Å². The van der Waals surface area contributed by atoms with Crippen LogP contribution in [0.4, 0.5) is 0 Å². The first-order valence-corrected chi connectivity index (χ1v) is 7.38. The van der Waals surface area contributed by atoms with E-state index in [1.807, 2.05) is 0 Å². The maximum atomic E-state index is 12.3. The van der Waals surface area contributed by atoms with Crippen molar-refractivity contribution in [2.45, 2.75) is 0 Å². The number of methoxy groups -OCH3 is 2. The lowest BCUT2D eigenvalue weighted by atomic mass is 10.2. The van der Waals surface area contributed by atoms with Gasteiger partial charge in [0.1, 0.15) is 10.9 Å². The van der Waals surface area contributed by atoms with Crippen LogP contribution in [0.25, 0.3) is 6.08 Å². The van der Waals surface area contributed by atoms with Gasteiger partial charge in [-0.1, -0.05) is 30.0 Å². The maximum absolute atomic E-state index is 12.3. The standard InChI is InChI=1S/C14H13NO5S2/c1-19-10-5-8(3-4-9(10)16)6-11-13(18)15(14(21)22-11)7-12(17)20-2/h3-6,16H,7H2,1-2H3/b11-6-. The van der Waals surface area contributed by atoms with Crippen molar-refractivity contribution >= 4 is 46.3 Å². The van der Waals surface area contributed by atoms with Crippen LogP contribution in [0.3, 0.4) is 0 Å². The molecule has 0 spiro atoms. The maximum Gasteiger partial charge on any atom is 0.325 e. The fraction of sp³-hybridized carbons (Fsp3) is 0.214. The van der Waals surface area contributed by atoms with Crippen LogP contribution in [0.15, 0.2) is 23.1 Å². The van der Waals surface area contributed by atoms with Crippen LogP contribution in [0, 0.1) is 0 Å². The average molecular weight is 339 g/mol. The molecule has 22 heavy (non-hydrogen) atoms. The summed E-state index contributed by atoms with van der Waals surface area (Å²) in [6.45, 7) is -0.211. The van der Waals surface area contributed by atoms with Gasteiger partial charge in [0.25, 0.3) is 5.91 Å². The zero-order chi connectivity index (χ0) is 16.3. The number of thioether (sulfide) groups is 1. The van der Waals surface area contributed by atoms with Crippen molar-refractivity contribution in [1.82, 2.24) is 4.90 Å². The van der Waals surface area contributed by atoms with Crippen LogP contribution in [0.2, 0.25) is 0 Å². The first kappa shape index (κ1) is 16.3. The van der Waals surface area contributed by atoms with Gasteiger partial charge in [0, 0.05) is 0 Å². The molecule has 1 aromatic carbocycles. The normalized spacial score (nSPS) is 16.3. The van der Waals surface area contributed by atoms with E-state index in [0.29, 0.717) is 20.5 Å². The number of ether oxygens (including phenoxy) is 2. The molecular weight excluding hydrogens is 326 g/mol. The molecule has 1 fully saturated rings. The number of nitrogens with zero attached hydrogens (tertiary/aromatic N) is 1. The number of hydrogen-bond donors (Lipinski definition) is 1. The molecule has 1 aliphatic rings. The third-order valence-electron chi connectivity index (χ3n) is 2.89. The summed E-state index contributed by atoms with van der Waals surface area (Å²) in [6, 6.07) is 4.72. The molecule has 0 aromatic heterocycles. The number of amides is 1. The second-order valence-electron chi connectivity index (χ2n) is 4.28. The molecule has 1 saturated heterocycles. The minimum atomic E-state index is -0.538. The summed E-state index contributed by atoms with van der Waals surface area (Å²) in [5, 5.41) is 9.56. The van der Waals surface area contributed by atoms with E-state index < -0.39 is 5.97 Å². The highest BCUT2D eigenvalue weighted by Gasteiger charge is 2.33. The highest BCUT2D eigenvalue weighted by Crippen LogP contribution is 2.34. The number of esters is 1. The Hall–Kier alpha value is -2.06. The van der Waals surface area contributed by atoms with E-state index in [9.17, 15) is 14.7 Å². The largest absolute Gasteiger partial charge is 0.504 e. The molecule has 8 heteroatoms. The summed E-state index contributed by atoms with van der Waals surface area (Å²) in [7, 11) is 2.69. The lowest BCUT2D eigenvalue weighted by Gasteiger charge is -2.11. The second kappa shape index (κ2) is 6.80. The van der Waals surface area contributed by atoms with Crippen LogP contribution < -0.4 is 4.74 Å². The van der Waals surface area contributed by atoms with Gasteiger partial charge in [-0.15, -0.1) is 0 Å². The van der Waals surface area contributed by atoms with Gasteiger partial charge >= 0.3 is 5.97 Å². The van der Waals surface area contributed by atoms with Gasteiger partial charge in [0.05, 0.1) is 19.1 Å². The number of aromatic hydroxyl groups is 1. The van der Waals surface area contributed by atoms with E-state index >= 15 is 0 Å². The van der Waals surface area contributed by atoms with E-state index in [2.05, 4.69) is 4.74 Å². The number of phenols is 1. The van der Waals surface area contributed by atoms with E-state index in [1.165, 1.54) is 25.2 Å². The highest BCUT2D eigenvalue weighted by molar-refractivity contribution is 8.26. The van der Waals surface area contributed by atoms with Gasteiger partial charge < -0.3 is 14.6 Å². The number of carbonyl (C=O) groups is 2. The predicted molar refractivity (Wildman–Crippen MR) is 86.6 cm³/mol. The van der Waals surface area contributed by atoms with Crippen molar-refractivity contribution in [3.05, 3.63) is 28.7 Å². The molecule has 1 aliphatic heterocycles. The quantitative estimate of drug-likeness (QED) is 0.509. The molecule has 1 heterocycles. The monoisotopic (exact) mass is 339 g/mol. The second-order valence-corrected chi connectivity index (χ2v) is 5.95. The molecule has 1 N–H and O–H groups in total. The average Bonchev–Trinajstić information content (AvgIpc) is 2.76. The summed E-state index contributed by atoms with van der Waals surface area (Å²) in [4.78, 5) is 25.1. The van der Waals surface area contributed by atoms with Crippen molar-refractivity contribution < 1.29 is 24.2 Å². The Morgan fingerprint density at radius 2 is 2.18 bits per heavy atom. The van der Waals surface area contributed by atoms with Crippen LogP contribution in [0.1, 0.15) is 5.56 Å². The SMILES string of the molecule is COC(=O)CN1C(=O)/C(=C/c2ccc(O)c(OC)c2)SC1=S. The van der Waals surface area contributed by atoms with Gasteiger partial charge in [-0.3, -0.25) is 14.5 Å². The highest BCUT2D eigenvalue weighted by atomic mass is 32.2.